The highest BCUT2D eigenvalue weighted by atomic mass is 16.6. The maximum Gasteiger partial charge on any atom is 0.256 e. The first-order chi connectivity index (χ1) is 18.4. The molecule has 1 aliphatic rings. The Morgan fingerprint density at radius 2 is 1.74 bits per heavy atom. The number of carbonyl (C=O) groups excluding carboxylic acids is 2. The molecule has 0 aliphatic carbocycles. The summed E-state index contributed by atoms with van der Waals surface area (Å²) in [6.45, 7) is 6.00. The maximum absolute atomic E-state index is 12.9. The number of hydrogen-bond donors (Lipinski definition) is 3. The fourth-order valence-corrected chi connectivity index (χ4v) is 4.01. The normalized spacial score (nSPS) is 16.1. The van der Waals surface area contributed by atoms with Gasteiger partial charge < -0.3 is 20.7 Å². The highest BCUT2D eigenvalue weighted by Crippen LogP contribution is 2.30. The SMILES string of the molecule is Cc1ccc(NC(=O)c2ccc(NC(=O)[C@@H]3O[C@H]3C(C)C)cc2)cc1Nc1nccc(-c2cccnc2)n1. The van der Waals surface area contributed by atoms with Crippen molar-refractivity contribution in [1.82, 2.24) is 15.0 Å². The minimum Gasteiger partial charge on any atom is -0.359 e. The van der Waals surface area contributed by atoms with Crippen molar-refractivity contribution in [2.24, 2.45) is 5.92 Å². The van der Waals surface area contributed by atoms with E-state index >= 15 is 0 Å². The van der Waals surface area contributed by atoms with E-state index in [1.807, 2.05) is 57.2 Å². The number of nitrogens with one attached hydrogen (secondary N) is 3. The van der Waals surface area contributed by atoms with Crippen LogP contribution in [-0.4, -0.2) is 39.0 Å². The van der Waals surface area contributed by atoms with E-state index < -0.39 is 6.10 Å². The van der Waals surface area contributed by atoms with Crippen LogP contribution < -0.4 is 16.0 Å². The first-order valence-electron chi connectivity index (χ1n) is 12.4. The molecule has 3 N–H and O–H groups in total. The maximum atomic E-state index is 12.9. The Balaban J connectivity index is 1.23. The lowest BCUT2D eigenvalue weighted by Gasteiger charge is -2.12. The molecule has 9 nitrogen and oxygen atoms in total. The van der Waals surface area contributed by atoms with E-state index in [1.54, 1.807) is 42.9 Å². The number of aryl methyl sites for hydroxylation is 1. The molecule has 1 aliphatic heterocycles. The molecule has 2 aromatic heterocycles. The van der Waals surface area contributed by atoms with E-state index in [0.717, 1.165) is 22.5 Å². The quantitative estimate of drug-likeness (QED) is 0.280. The van der Waals surface area contributed by atoms with Crippen molar-refractivity contribution < 1.29 is 14.3 Å². The van der Waals surface area contributed by atoms with Crippen molar-refractivity contribution in [3.8, 4) is 11.3 Å². The van der Waals surface area contributed by atoms with Gasteiger partial charge in [-0.15, -0.1) is 0 Å². The molecule has 0 spiro atoms. The minimum atomic E-state index is -0.412. The van der Waals surface area contributed by atoms with Crippen LogP contribution in [0.3, 0.4) is 0 Å². The van der Waals surface area contributed by atoms with Gasteiger partial charge in [0.25, 0.3) is 11.8 Å². The van der Waals surface area contributed by atoms with Gasteiger partial charge >= 0.3 is 0 Å². The largest absolute Gasteiger partial charge is 0.359 e. The summed E-state index contributed by atoms with van der Waals surface area (Å²) in [4.78, 5) is 38.2. The van der Waals surface area contributed by atoms with Crippen molar-refractivity contribution in [2.75, 3.05) is 16.0 Å². The average molecular weight is 509 g/mol. The standard InChI is InChI=1S/C29H28N6O3/c1-17(2)25-26(38-25)28(37)32-21-10-7-19(8-11-21)27(36)33-22-9-6-18(3)24(15-22)35-29-31-14-12-23(34-29)20-5-4-13-30-16-20/h4-17,25-26H,1-3H3,(H,32,37)(H,33,36)(H,31,34,35)/t25-,26+/m0/s1. The van der Waals surface area contributed by atoms with Gasteiger partial charge in [0, 0.05) is 46.8 Å². The molecule has 0 saturated carbocycles. The molecule has 5 rings (SSSR count). The van der Waals surface area contributed by atoms with Gasteiger partial charge in [-0.05, 0) is 73.0 Å². The number of nitrogens with zero attached hydrogens (tertiary/aromatic N) is 3. The molecule has 2 atom stereocenters. The van der Waals surface area contributed by atoms with Gasteiger partial charge in [-0.1, -0.05) is 19.9 Å². The summed E-state index contributed by atoms with van der Waals surface area (Å²) in [5.41, 5.74) is 5.08. The van der Waals surface area contributed by atoms with Crippen LogP contribution in [0.4, 0.5) is 23.0 Å². The minimum absolute atomic E-state index is 0.0365. The first-order valence-corrected chi connectivity index (χ1v) is 12.4. The first kappa shape index (κ1) is 25.0. The van der Waals surface area contributed by atoms with Gasteiger partial charge in [0.1, 0.15) is 0 Å². The lowest BCUT2D eigenvalue weighted by Crippen LogP contribution is -2.21. The van der Waals surface area contributed by atoms with Crippen molar-refractivity contribution in [1.29, 1.82) is 0 Å². The van der Waals surface area contributed by atoms with Crippen LogP contribution in [0.15, 0.2) is 79.3 Å². The topological polar surface area (TPSA) is 121 Å². The van der Waals surface area contributed by atoms with Crippen LogP contribution in [0.5, 0.6) is 0 Å². The van der Waals surface area contributed by atoms with Crippen LogP contribution in [0.1, 0.15) is 29.8 Å². The highest BCUT2D eigenvalue weighted by molar-refractivity contribution is 6.05. The van der Waals surface area contributed by atoms with E-state index in [0.29, 0.717) is 28.8 Å². The van der Waals surface area contributed by atoms with Crippen LogP contribution >= 0.6 is 0 Å². The third kappa shape index (κ3) is 5.84. The van der Waals surface area contributed by atoms with Crippen molar-refractivity contribution in [3.63, 3.8) is 0 Å². The lowest BCUT2D eigenvalue weighted by molar-refractivity contribution is -0.117. The summed E-state index contributed by atoms with van der Waals surface area (Å²) in [6.07, 6.45) is 4.70. The Hall–Kier alpha value is -4.63. The molecule has 1 saturated heterocycles. The predicted octanol–water partition coefficient (Wildman–Crippen LogP) is 5.20. The fourth-order valence-electron chi connectivity index (χ4n) is 4.01. The molecule has 2 amide bonds. The monoisotopic (exact) mass is 508 g/mol. The Morgan fingerprint density at radius 3 is 2.45 bits per heavy atom. The van der Waals surface area contributed by atoms with Gasteiger partial charge in [0.15, 0.2) is 6.10 Å². The number of epoxide rings is 1. The Morgan fingerprint density at radius 1 is 0.947 bits per heavy atom. The van der Waals surface area contributed by atoms with Crippen LogP contribution in [0.2, 0.25) is 0 Å². The third-order valence-corrected chi connectivity index (χ3v) is 6.21. The van der Waals surface area contributed by atoms with Gasteiger partial charge in [0.2, 0.25) is 5.95 Å². The van der Waals surface area contributed by atoms with Gasteiger partial charge in [-0.25, -0.2) is 9.97 Å². The van der Waals surface area contributed by atoms with Crippen molar-refractivity contribution >= 4 is 34.8 Å². The van der Waals surface area contributed by atoms with E-state index in [-0.39, 0.29) is 17.9 Å². The lowest BCUT2D eigenvalue weighted by atomic mass is 10.1. The number of aromatic nitrogens is 3. The van der Waals surface area contributed by atoms with Crippen LogP contribution in [0.25, 0.3) is 11.3 Å². The Bertz CT molecular complexity index is 1460. The van der Waals surface area contributed by atoms with Gasteiger partial charge in [0.05, 0.1) is 11.8 Å². The summed E-state index contributed by atoms with van der Waals surface area (Å²) >= 11 is 0. The van der Waals surface area contributed by atoms with Crippen molar-refractivity contribution in [2.45, 2.75) is 33.0 Å². The zero-order valence-electron chi connectivity index (χ0n) is 21.3. The fraction of sp³-hybridized carbons (Fsp3) is 0.207. The molecule has 0 bridgehead atoms. The summed E-state index contributed by atoms with van der Waals surface area (Å²) in [5.74, 6) is 0.291. The smallest absolute Gasteiger partial charge is 0.256 e. The zero-order chi connectivity index (χ0) is 26.6. The summed E-state index contributed by atoms with van der Waals surface area (Å²) in [6, 6.07) is 17.9. The van der Waals surface area contributed by atoms with E-state index in [9.17, 15) is 9.59 Å². The molecule has 3 heterocycles. The second kappa shape index (κ2) is 10.8. The Kier molecular flexibility index (Phi) is 7.10. The van der Waals surface area contributed by atoms with Gasteiger partial charge in [-0.3, -0.25) is 14.6 Å². The number of pyridine rings is 1. The summed E-state index contributed by atoms with van der Waals surface area (Å²) < 4.78 is 5.43. The van der Waals surface area contributed by atoms with Crippen LogP contribution in [-0.2, 0) is 9.53 Å². The number of anilines is 4. The molecule has 38 heavy (non-hydrogen) atoms. The van der Waals surface area contributed by atoms with E-state index in [1.165, 1.54) is 0 Å². The number of rotatable bonds is 8. The number of hydrogen-bond acceptors (Lipinski definition) is 7. The molecule has 1 fully saturated rings. The molecule has 0 unspecified atom stereocenters. The molecule has 192 valence electrons. The van der Waals surface area contributed by atoms with Crippen LogP contribution in [0, 0.1) is 12.8 Å². The number of carbonyl (C=O) groups is 2. The molecular weight excluding hydrogens is 480 g/mol. The number of benzene rings is 2. The second-order valence-electron chi connectivity index (χ2n) is 9.45. The van der Waals surface area contributed by atoms with Gasteiger partial charge in [-0.2, -0.15) is 0 Å². The number of ether oxygens (including phenoxy) is 1. The third-order valence-electron chi connectivity index (χ3n) is 6.21. The van der Waals surface area contributed by atoms with E-state index in [2.05, 4.69) is 30.9 Å². The molecule has 0 radical (unpaired) electrons. The van der Waals surface area contributed by atoms with Crippen molar-refractivity contribution in [3.05, 3.63) is 90.4 Å². The van der Waals surface area contributed by atoms with E-state index in [4.69, 9.17) is 4.74 Å². The predicted molar refractivity (Wildman–Crippen MR) is 146 cm³/mol. The second-order valence-corrected chi connectivity index (χ2v) is 9.45. The summed E-state index contributed by atoms with van der Waals surface area (Å²) in [5, 5.41) is 9.00. The summed E-state index contributed by atoms with van der Waals surface area (Å²) in [7, 11) is 0. The molecule has 4 aromatic rings. The Labute approximate surface area is 220 Å². The zero-order valence-corrected chi connectivity index (χ0v) is 21.3. The molecule has 2 aromatic carbocycles. The number of amides is 2. The highest BCUT2D eigenvalue weighted by Gasteiger charge is 2.46. The average Bonchev–Trinajstić information content (AvgIpc) is 3.74. The molecular formula is C29H28N6O3. The molecule has 9 heteroatoms.